The van der Waals surface area contributed by atoms with Gasteiger partial charge in [0, 0.05) is 5.56 Å². The van der Waals surface area contributed by atoms with Crippen molar-refractivity contribution < 1.29 is 4.39 Å². The Labute approximate surface area is 87.6 Å². The third-order valence-electron chi connectivity index (χ3n) is 2.22. The maximum absolute atomic E-state index is 13.0. The molecule has 2 nitrogen and oxygen atoms in total. The second-order valence-corrected chi connectivity index (χ2v) is 3.41. The molecular formula is C12H11FN2. The predicted molar refractivity (Wildman–Crippen MR) is 58.8 cm³/mol. The molecule has 1 aromatic heterocycles. The number of hydrogen-bond donors (Lipinski definition) is 1. The first-order valence-corrected chi connectivity index (χ1v) is 4.66. The Morgan fingerprint density at radius 1 is 1.20 bits per heavy atom. The summed E-state index contributed by atoms with van der Waals surface area (Å²) in [5, 5.41) is 0. The van der Waals surface area contributed by atoms with Crippen LogP contribution >= 0.6 is 0 Å². The molecule has 1 aromatic carbocycles. The summed E-state index contributed by atoms with van der Waals surface area (Å²) in [7, 11) is 0. The van der Waals surface area contributed by atoms with E-state index in [2.05, 4.69) is 4.98 Å². The summed E-state index contributed by atoms with van der Waals surface area (Å²) in [5.41, 5.74) is 7.83. The van der Waals surface area contributed by atoms with Crippen molar-refractivity contribution in [3.63, 3.8) is 0 Å². The van der Waals surface area contributed by atoms with Crippen molar-refractivity contribution in [1.82, 2.24) is 4.98 Å². The van der Waals surface area contributed by atoms with Crippen LogP contribution in [0.5, 0.6) is 0 Å². The van der Waals surface area contributed by atoms with Crippen LogP contribution < -0.4 is 5.73 Å². The molecule has 0 spiro atoms. The summed E-state index contributed by atoms with van der Waals surface area (Å²) in [6.07, 6.45) is 0. The summed E-state index contributed by atoms with van der Waals surface area (Å²) in [4.78, 5) is 4.17. The van der Waals surface area contributed by atoms with Crippen molar-refractivity contribution in [3.8, 4) is 11.3 Å². The lowest BCUT2D eigenvalue weighted by molar-refractivity contribution is 0.619. The third-order valence-corrected chi connectivity index (χ3v) is 2.22. The highest BCUT2D eigenvalue weighted by Crippen LogP contribution is 2.20. The molecule has 0 fully saturated rings. The van der Waals surface area contributed by atoms with E-state index in [0.29, 0.717) is 11.4 Å². The Balaban J connectivity index is 2.50. The molecular weight excluding hydrogens is 191 g/mol. The van der Waals surface area contributed by atoms with Crippen LogP contribution in [0.25, 0.3) is 11.3 Å². The topological polar surface area (TPSA) is 38.9 Å². The fourth-order valence-corrected chi connectivity index (χ4v) is 1.42. The van der Waals surface area contributed by atoms with Gasteiger partial charge in [0.25, 0.3) is 0 Å². The molecule has 2 rings (SSSR count). The third kappa shape index (κ3) is 1.96. The molecule has 1 heterocycles. The zero-order valence-corrected chi connectivity index (χ0v) is 8.37. The van der Waals surface area contributed by atoms with Crippen LogP contribution in [0.1, 0.15) is 5.56 Å². The van der Waals surface area contributed by atoms with Crippen molar-refractivity contribution in [2.45, 2.75) is 6.92 Å². The maximum Gasteiger partial charge on any atom is 0.126 e. The maximum atomic E-state index is 13.0. The highest BCUT2D eigenvalue weighted by molar-refractivity contribution is 5.61. The number of pyridine rings is 1. The minimum Gasteiger partial charge on any atom is -0.384 e. The van der Waals surface area contributed by atoms with Crippen LogP contribution in [0.15, 0.2) is 36.4 Å². The number of nitrogen functional groups attached to an aromatic ring is 1. The van der Waals surface area contributed by atoms with E-state index >= 15 is 0 Å². The van der Waals surface area contributed by atoms with E-state index in [0.717, 1.165) is 11.3 Å². The molecule has 0 saturated heterocycles. The summed E-state index contributed by atoms with van der Waals surface area (Å²) in [6, 6.07) is 10.3. The molecule has 0 aliphatic heterocycles. The number of rotatable bonds is 1. The average molecular weight is 202 g/mol. The molecule has 3 heteroatoms. The van der Waals surface area contributed by atoms with Crippen LogP contribution in [-0.2, 0) is 0 Å². The van der Waals surface area contributed by atoms with E-state index in [1.807, 2.05) is 12.1 Å². The van der Waals surface area contributed by atoms with E-state index in [1.54, 1.807) is 25.1 Å². The Kier molecular flexibility index (Phi) is 2.37. The molecule has 0 radical (unpaired) electrons. The Morgan fingerprint density at radius 2 is 2.00 bits per heavy atom. The van der Waals surface area contributed by atoms with Gasteiger partial charge < -0.3 is 5.73 Å². The van der Waals surface area contributed by atoms with Crippen molar-refractivity contribution in [2.75, 3.05) is 5.73 Å². The van der Waals surface area contributed by atoms with Gasteiger partial charge in [0.2, 0.25) is 0 Å². The first-order valence-electron chi connectivity index (χ1n) is 4.66. The minimum atomic E-state index is -0.206. The highest BCUT2D eigenvalue weighted by Gasteiger charge is 2.02. The largest absolute Gasteiger partial charge is 0.384 e. The second-order valence-electron chi connectivity index (χ2n) is 3.41. The van der Waals surface area contributed by atoms with Gasteiger partial charge in [-0.25, -0.2) is 9.37 Å². The molecule has 0 saturated carbocycles. The Bertz CT molecular complexity index is 495. The zero-order valence-electron chi connectivity index (χ0n) is 8.37. The summed E-state index contributed by atoms with van der Waals surface area (Å²) >= 11 is 0. The summed E-state index contributed by atoms with van der Waals surface area (Å²) in [5.74, 6) is 0.261. The van der Waals surface area contributed by atoms with Gasteiger partial charge in [-0.05, 0) is 42.8 Å². The lowest BCUT2D eigenvalue weighted by Crippen LogP contribution is -1.92. The van der Waals surface area contributed by atoms with E-state index in [1.165, 1.54) is 6.07 Å². The van der Waals surface area contributed by atoms with Gasteiger partial charge in [-0.1, -0.05) is 6.07 Å². The van der Waals surface area contributed by atoms with Gasteiger partial charge in [-0.15, -0.1) is 0 Å². The highest BCUT2D eigenvalue weighted by atomic mass is 19.1. The number of aromatic nitrogens is 1. The Morgan fingerprint density at radius 3 is 2.67 bits per heavy atom. The van der Waals surface area contributed by atoms with Crippen LogP contribution in [0.3, 0.4) is 0 Å². The van der Waals surface area contributed by atoms with E-state index in [-0.39, 0.29) is 5.82 Å². The van der Waals surface area contributed by atoms with Crippen molar-refractivity contribution >= 4 is 5.82 Å². The average Bonchev–Trinajstić information content (AvgIpc) is 2.22. The lowest BCUT2D eigenvalue weighted by Gasteiger charge is -2.03. The Hall–Kier alpha value is -1.90. The predicted octanol–water partition coefficient (Wildman–Crippen LogP) is 2.78. The number of halogens is 1. The molecule has 2 N–H and O–H groups in total. The summed E-state index contributed by atoms with van der Waals surface area (Å²) < 4.78 is 13.0. The molecule has 0 atom stereocenters. The van der Waals surface area contributed by atoms with E-state index in [9.17, 15) is 4.39 Å². The van der Waals surface area contributed by atoms with Gasteiger partial charge in [-0.3, -0.25) is 0 Å². The monoisotopic (exact) mass is 202 g/mol. The van der Waals surface area contributed by atoms with E-state index in [4.69, 9.17) is 5.73 Å². The molecule has 15 heavy (non-hydrogen) atoms. The summed E-state index contributed by atoms with van der Waals surface area (Å²) in [6.45, 7) is 1.73. The second kappa shape index (κ2) is 3.69. The zero-order chi connectivity index (χ0) is 10.8. The standard InChI is InChI=1S/C12H11FN2/c1-8-7-9(5-6-10(8)13)11-3-2-4-12(14)15-11/h2-7H,1H3,(H2,14,15). The first kappa shape index (κ1) is 9.65. The molecule has 76 valence electrons. The quantitative estimate of drug-likeness (QED) is 0.772. The minimum absolute atomic E-state index is 0.206. The van der Waals surface area contributed by atoms with Crippen molar-refractivity contribution in [1.29, 1.82) is 0 Å². The molecule has 2 aromatic rings. The van der Waals surface area contributed by atoms with Gasteiger partial charge >= 0.3 is 0 Å². The number of benzene rings is 1. The first-order chi connectivity index (χ1) is 7.16. The molecule has 0 aliphatic carbocycles. The lowest BCUT2D eigenvalue weighted by atomic mass is 10.1. The van der Waals surface area contributed by atoms with Crippen LogP contribution in [0, 0.1) is 12.7 Å². The van der Waals surface area contributed by atoms with E-state index < -0.39 is 0 Å². The SMILES string of the molecule is Cc1cc(-c2cccc(N)n2)ccc1F. The van der Waals surface area contributed by atoms with Crippen molar-refractivity contribution in [3.05, 3.63) is 47.8 Å². The number of anilines is 1. The van der Waals surface area contributed by atoms with Crippen molar-refractivity contribution in [2.24, 2.45) is 0 Å². The molecule has 0 unspecified atom stereocenters. The van der Waals surface area contributed by atoms with Crippen LogP contribution in [0.4, 0.5) is 10.2 Å². The van der Waals surface area contributed by atoms with Gasteiger partial charge in [-0.2, -0.15) is 0 Å². The normalized spacial score (nSPS) is 10.3. The number of hydrogen-bond acceptors (Lipinski definition) is 2. The van der Waals surface area contributed by atoms with Gasteiger partial charge in [0.05, 0.1) is 5.69 Å². The van der Waals surface area contributed by atoms with Crippen LogP contribution in [0.2, 0.25) is 0 Å². The van der Waals surface area contributed by atoms with Gasteiger partial charge in [0.1, 0.15) is 11.6 Å². The smallest absolute Gasteiger partial charge is 0.126 e. The molecule has 0 bridgehead atoms. The number of aryl methyl sites for hydroxylation is 1. The number of nitrogens with two attached hydrogens (primary N) is 1. The van der Waals surface area contributed by atoms with Gasteiger partial charge in [0.15, 0.2) is 0 Å². The fourth-order valence-electron chi connectivity index (χ4n) is 1.42. The molecule has 0 amide bonds. The fraction of sp³-hybridized carbons (Fsp3) is 0.0833. The van der Waals surface area contributed by atoms with Crippen LogP contribution in [-0.4, -0.2) is 4.98 Å². The number of nitrogens with zero attached hydrogens (tertiary/aromatic N) is 1. The molecule has 0 aliphatic rings.